The minimum Gasteiger partial charge on any atom is -0.396 e. The van der Waals surface area contributed by atoms with Crippen molar-refractivity contribution in [2.75, 3.05) is 19.7 Å². The molecule has 0 saturated carbocycles. The first-order chi connectivity index (χ1) is 8.95. The number of hydrogen-bond acceptors (Lipinski definition) is 3. The van der Waals surface area contributed by atoms with Gasteiger partial charge in [0.1, 0.15) is 0 Å². The molecule has 1 unspecified atom stereocenters. The molecule has 0 aliphatic carbocycles. The van der Waals surface area contributed by atoms with Crippen molar-refractivity contribution in [3.05, 3.63) is 28.8 Å². The predicted molar refractivity (Wildman–Crippen MR) is 74.8 cm³/mol. The van der Waals surface area contributed by atoms with E-state index in [1.54, 1.807) is 25.1 Å². The maximum Gasteiger partial charge on any atom is 0.243 e. The van der Waals surface area contributed by atoms with Gasteiger partial charge in [0, 0.05) is 24.7 Å². The summed E-state index contributed by atoms with van der Waals surface area (Å²) in [5, 5.41) is 9.46. The largest absolute Gasteiger partial charge is 0.396 e. The zero-order valence-corrected chi connectivity index (χ0v) is 12.4. The van der Waals surface area contributed by atoms with Gasteiger partial charge in [0.25, 0.3) is 0 Å². The molecule has 6 heteroatoms. The van der Waals surface area contributed by atoms with Crippen molar-refractivity contribution in [2.24, 2.45) is 5.92 Å². The van der Waals surface area contributed by atoms with Crippen LogP contribution in [0.5, 0.6) is 0 Å². The van der Waals surface area contributed by atoms with Crippen molar-refractivity contribution in [3.8, 4) is 0 Å². The average molecular weight is 304 g/mol. The third-order valence-electron chi connectivity index (χ3n) is 3.54. The molecule has 1 N–H and O–H groups in total. The van der Waals surface area contributed by atoms with Crippen LogP contribution in [0.4, 0.5) is 0 Å². The van der Waals surface area contributed by atoms with Crippen molar-refractivity contribution in [3.63, 3.8) is 0 Å². The zero-order valence-electron chi connectivity index (χ0n) is 10.8. The fraction of sp³-hybridized carbons (Fsp3) is 0.538. The van der Waals surface area contributed by atoms with Crippen molar-refractivity contribution in [1.82, 2.24) is 4.31 Å². The van der Waals surface area contributed by atoms with Gasteiger partial charge in [-0.05, 0) is 49.4 Å². The Morgan fingerprint density at radius 3 is 2.84 bits per heavy atom. The Kier molecular flexibility index (Phi) is 4.50. The van der Waals surface area contributed by atoms with E-state index in [-0.39, 0.29) is 12.5 Å². The Hall–Kier alpha value is -0.620. The van der Waals surface area contributed by atoms with Crippen molar-refractivity contribution < 1.29 is 13.5 Å². The van der Waals surface area contributed by atoms with Crippen LogP contribution in [0.3, 0.4) is 0 Å². The van der Waals surface area contributed by atoms with Gasteiger partial charge in [-0.15, -0.1) is 0 Å². The molecule has 19 heavy (non-hydrogen) atoms. The molecule has 1 aromatic rings. The maximum atomic E-state index is 12.5. The first kappa shape index (κ1) is 14.8. The standard InChI is InChI=1S/C13H18ClNO3S/c1-10-8-12(14)2-3-13(10)19(17,18)15-6-4-11(9-15)5-7-16/h2-3,8,11,16H,4-7,9H2,1H3. The van der Waals surface area contributed by atoms with Gasteiger partial charge in [0.05, 0.1) is 4.90 Å². The van der Waals surface area contributed by atoms with Crippen molar-refractivity contribution in [1.29, 1.82) is 0 Å². The van der Waals surface area contributed by atoms with Crippen LogP contribution in [0.25, 0.3) is 0 Å². The summed E-state index contributed by atoms with van der Waals surface area (Å²) in [6.45, 7) is 2.87. The van der Waals surface area contributed by atoms with Crippen LogP contribution in [0.2, 0.25) is 5.02 Å². The topological polar surface area (TPSA) is 57.6 Å². The fourth-order valence-electron chi connectivity index (χ4n) is 2.47. The Bertz CT molecular complexity index is 559. The molecule has 1 heterocycles. The number of aryl methyl sites for hydroxylation is 1. The van der Waals surface area contributed by atoms with Crippen LogP contribution in [0.1, 0.15) is 18.4 Å². The minimum atomic E-state index is -3.44. The first-order valence-corrected chi connectivity index (χ1v) is 8.14. The Morgan fingerprint density at radius 1 is 1.47 bits per heavy atom. The minimum absolute atomic E-state index is 0.110. The number of hydrogen-bond donors (Lipinski definition) is 1. The molecule has 1 aromatic carbocycles. The number of nitrogens with zero attached hydrogens (tertiary/aromatic N) is 1. The van der Waals surface area contributed by atoms with Crippen LogP contribution < -0.4 is 0 Å². The lowest BCUT2D eigenvalue weighted by molar-refractivity contribution is 0.259. The smallest absolute Gasteiger partial charge is 0.243 e. The fourth-order valence-corrected chi connectivity index (χ4v) is 4.44. The molecule has 1 saturated heterocycles. The van der Waals surface area contributed by atoms with Crippen LogP contribution >= 0.6 is 11.6 Å². The van der Waals surface area contributed by atoms with E-state index in [1.807, 2.05) is 0 Å². The molecule has 0 aromatic heterocycles. The van der Waals surface area contributed by atoms with E-state index in [0.717, 1.165) is 6.42 Å². The van der Waals surface area contributed by atoms with E-state index >= 15 is 0 Å². The van der Waals surface area contributed by atoms with Crippen molar-refractivity contribution in [2.45, 2.75) is 24.7 Å². The maximum absolute atomic E-state index is 12.5. The van der Waals surface area contributed by atoms with Gasteiger partial charge in [-0.3, -0.25) is 0 Å². The SMILES string of the molecule is Cc1cc(Cl)ccc1S(=O)(=O)N1CCC(CCO)C1. The molecule has 0 amide bonds. The second kappa shape index (κ2) is 5.79. The number of halogens is 1. The Labute approximate surface area is 119 Å². The normalized spacial score (nSPS) is 20.9. The Morgan fingerprint density at radius 2 is 2.21 bits per heavy atom. The third kappa shape index (κ3) is 3.11. The van der Waals surface area contributed by atoms with Gasteiger partial charge in [-0.1, -0.05) is 11.6 Å². The summed E-state index contributed by atoms with van der Waals surface area (Å²) >= 11 is 5.85. The summed E-state index contributed by atoms with van der Waals surface area (Å²) in [7, 11) is -3.44. The van der Waals surface area contributed by atoms with Gasteiger partial charge in [-0.25, -0.2) is 8.42 Å². The number of sulfonamides is 1. The first-order valence-electron chi connectivity index (χ1n) is 6.32. The zero-order chi connectivity index (χ0) is 14.0. The monoisotopic (exact) mass is 303 g/mol. The predicted octanol–water partition coefficient (Wildman–Crippen LogP) is 2.04. The lowest BCUT2D eigenvalue weighted by Crippen LogP contribution is -2.29. The highest BCUT2D eigenvalue weighted by Gasteiger charge is 2.32. The van der Waals surface area contributed by atoms with Gasteiger partial charge in [0.2, 0.25) is 10.0 Å². The second-order valence-electron chi connectivity index (χ2n) is 4.94. The van der Waals surface area contributed by atoms with E-state index in [2.05, 4.69) is 0 Å². The summed E-state index contributed by atoms with van der Waals surface area (Å²) in [6, 6.07) is 4.82. The highest BCUT2D eigenvalue weighted by molar-refractivity contribution is 7.89. The molecule has 0 spiro atoms. The second-order valence-corrected chi connectivity index (χ2v) is 7.28. The van der Waals surface area contributed by atoms with Gasteiger partial charge >= 0.3 is 0 Å². The molecule has 0 bridgehead atoms. The van der Waals surface area contributed by atoms with E-state index in [1.165, 1.54) is 4.31 Å². The molecule has 1 atom stereocenters. The van der Waals surface area contributed by atoms with Crippen molar-refractivity contribution >= 4 is 21.6 Å². The van der Waals surface area contributed by atoms with Gasteiger partial charge in [0.15, 0.2) is 0 Å². The quantitative estimate of drug-likeness (QED) is 0.926. The highest BCUT2D eigenvalue weighted by Crippen LogP contribution is 2.28. The molecular formula is C13H18ClNO3S. The van der Waals surface area contributed by atoms with Gasteiger partial charge in [-0.2, -0.15) is 4.31 Å². The summed E-state index contributed by atoms with van der Waals surface area (Å²) < 4.78 is 26.6. The third-order valence-corrected chi connectivity index (χ3v) is 5.80. The molecule has 0 radical (unpaired) electrons. The average Bonchev–Trinajstić information content (AvgIpc) is 2.78. The number of aliphatic hydroxyl groups excluding tert-OH is 1. The lowest BCUT2D eigenvalue weighted by Gasteiger charge is -2.18. The summed E-state index contributed by atoms with van der Waals surface area (Å²) in [5.41, 5.74) is 0.665. The van der Waals surface area contributed by atoms with E-state index in [0.29, 0.717) is 35.0 Å². The molecule has 4 nitrogen and oxygen atoms in total. The van der Waals surface area contributed by atoms with Crippen LogP contribution in [0, 0.1) is 12.8 Å². The molecule has 2 rings (SSSR count). The number of aliphatic hydroxyl groups is 1. The van der Waals surface area contributed by atoms with Gasteiger partial charge < -0.3 is 5.11 Å². The lowest BCUT2D eigenvalue weighted by atomic mass is 10.1. The molecule has 106 valence electrons. The summed E-state index contributed by atoms with van der Waals surface area (Å²) in [6.07, 6.45) is 1.47. The Balaban J connectivity index is 2.23. The molecule has 1 aliphatic rings. The molecule has 1 aliphatic heterocycles. The van der Waals surface area contributed by atoms with E-state index in [4.69, 9.17) is 16.7 Å². The van der Waals surface area contributed by atoms with Crippen LogP contribution in [0.15, 0.2) is 23.1 Å². The molecule has 1 fully saturated rings. The van der Waals surface area contributed by atoms with E-state index in [9.17, 15) is 8.42 Å². The van der Waals surface area contributed by atoms with Crippen LogP contribution in [-0.4, -0.2) is 37.5 Å². The summed E-state index contributed by atoms with van der Waals surface area (Å²) in [4.78, 5) is 0.321. The van der Waals surface area contributed by atoms with Crippen LogP contribution in [-0.2, 0) is 10.0 Å². The molecular weight excluding hydrogens is 286 g/mol. The number of rotatable bonds is 4. The number of benzene rings is 1. The summed E-state index contributed by atoms with van der Waals surface area (Å²) in [5.74, 6) is 0.257. The highest BCUT2D eigenvalue weighted by atomic mass is 35.5. The van der Waals surface area contributed by atoms with E-state index < -0.39 is 10.0 Å².